The molecule has 2 aromatic heterocycles. The molecular weight excluding hydrogens is 293 g/mol. The van der Waals surface area contributed by atoms with Gasteiger partial charge in [-0.3, -0.25) is 0 Å². The molecule has 8 nitrogen and oxygen atoms in total. The van der Waals surface area contributed by atoms with Crippen LogP contribution in [0.1, 0.15) is 6.42 Å². The van der Waals surface area contributed by atoms with E-state index in [2.05, 4.69) is 15.0 Å². The van der Waals surface area contributed by atoms with E-state index in [0.29, 0.717) is 36.2 Å². The van der Waals surface area contributed by atoms with Crippen molar-refractivity contribution in [1.29, 1.82) is 0 Å². The molecule has 21 heavy (non-hydrogen) atoms. The van der Waals surface area contributed by atoms with Crippen LogP contribution in [0.3, 0.4) is 0 Å². The number of hydrogen-bond acceptors (Lipinski definition) is 7. The van der Waals surface area contributed by atoms with Gasteiger partial charge in [0.1, 0.15) is 0 Å². The van der Waals surface area contributed by atoms with Gasteiger partial charge in [-0.15, -0.1) is 0 Å². The van der Waals surface area contributed by atoms with E-state index < -0.39 is 13.2 Å². The van der Waals surface area contributed by atoms with Crippen LogP contribution in [-0.4, -0.2) is 57.3 Å². The first kappa shape index (κ1) is 15.7. The Morgan fingerprint density at radius 3 is 2.81 bits per heavy atom. The highest BCUT2D eigenvalue weighted by Gasteiger charge is 2.17. The van der Waals surface area contributed by atoms with Gasteiger partial charge in [-0.1, -0.05) is 0 Å². The fourth-order valence-electron chi connectivity index (χ4n) is 2.13. The minimum absolute atomic E-state index is 0.105. The van der Waals surface area contributed by atoms with E-state index in [1.807, 2.05) is 0 Å². The number of nitrogens with zero attached hydrogens (tertiary/aromatic N) is 4. The fourth-order valence-corrected chi connectivity index (χ4v) is 3.32. The number of aryl methyl sites for hydroxylation is 1. The Morgan fingerprint density at radius 2 is 2.19 bits per heavy atom. The zero-order chi connectivity index (χ0) is 15.6. The van der Waals surface area contributed by atoms with Gasteiger partial charge in [-0.2, -0.15) is 9.97 Å². The summed E-state index contributed by atoms with van der Waals surface area (Å²) < 4.78 is 18.6. The highest BCUT2D eigenvalue weighted by Crippen LogP contribution is 2.37. The molecule has 0 saturated carbocycles. The van der Waals surface area contributed by atoms with E-state index in [1.165, 1.54) is 7.11 Å². The first-order valence-electron chi connectivity index (χ1n) is 6.54. The number of ether oxygens (including phenoxy) is 1. The van der Waals surface area contributed by atoms with Crippen molar-refractivity contribution in [2.75, 3.05) is 32.3 Å². The van der Waals surface area contributed by atoms with Crippen LogP contribution < -0.4 is 10.5 Å². The Labute approximate surface area is 122 Å². The van der Waals surface area contributed by atoms with E-state index in [4.69, 9.17) is 10.5 Å². The molecular formula is C12H20N5O3P. The molecule has 0 aliphatic rings. The number of anilines is 1. The predicted octanol–water partition coefficient (Wildman–Crippen LogP) is 0.791. The molecule has 0 saturated heterocycles. The number of aromatic nitrogens is 4. The second-order valence-electron chi connectivity index (χ2n) is 5.40. The van der Waals surface area contributed by atoms with Crippen molar-refractivity contribution >= 4 is 24.3 Å². The van der Waals surface area contributed by atoms with Gasteiger partial charge in [0.05, 0.1) is 26.7 Å². The summed E-state index contributed by atoms with van der Waals surface area (Å²) in [5.41, 5.74) is 6.72. The molecule has 0 aliphatic carbocycles. The van der Waals surface area contributed by atoms with Crippen LogP contribution in [0.4, 0.5) is 5.95 Å². The molecule has 9 heteroatoms. The summed E-state index contributed by atoms with van der Waals surface area (Å²) in [6.45, 7) is 3.83. The van der Waals surface area contributed by atoms with E-state index in [-0.39, 0.29) is 5.95 Å². The van der Waals surface area contributed by atoms with Crippen LogP contribution in [0.2, 0.25) is 0 Å². The molecule has 0 unspecified atom stereocenters. The zero-order valence-electron chi connectivity index (χ0n) is 12.4. The average molecular weight is 313 g/mol. The summed E-state index contributed by atoms with van der Waals surface area (Å²) in [5, 5.41) is 9.92. The van der Waals surface area contributed by atoms with Crippen molar-refractivity contribution in [2.24, 2.45) is 0 Å². The monoisotopic (exact) mass is 313 g/mol. The van der Waals surface area contributed by atoms with Gasteiger partial charge in [0.25, 0.3) is 0 Å². The number of hydrogen-bond donors (Lipinski definition) is 2. The molecule has 0 amide bonds. The van der Waals surface area contributed by atoms with Crippen molar-refractivity contribution in [3.05, 3.63) is 6.33 Å². The molecule has 116 valence electrons. The molecule has 0 bridgehead atoms. The summed E-state index contributed by atoms with van der Waals surface area (Å²) in [7, 11) is -0.747. The third-order valence-electron chi connectivity index (χ3n) is 3.00. The SMILES string of the molecule is COc1nc(N)nc2c1ncn2CC[C@@H](O)CP(C)(C)=O. The first-order chi connectivity index (χ1) is 9.80. The van der Waals surface area contributed by atoms with Gasteiger partial charge in [-0.25, -0.2) is 4.98 Å². The van der Waals surface area contributed by atoms with Crippen molar-refractivity contribution in [1.82, 2.24) is 19.5 Å². The maximum atomic E-state index is 11.7. The summed E-state index contributed by atoms with van der Waals surface area (Å²) in [6, 6.07) is 0. The Balaban J connectivity index is 2.16. The van der Waals surface area contributed by atoms with Crippen LogP contribution in [-0.2, 0) is 11.1 Å². The summed E-state index contributed by atoms with van der Waals surface area (Å²) >= 11 is 0. The number of methoxy groups -OCH3 is 1. The van der Waals surface area contributed by atoms with Crippen molar-refractivity contribution in [3.8, 4) is 5.88 Å². The van der Waals surface area contributed by atoms with Gasteiger partial charge in [0, 0.05) is 12.7 Å². The molecule has 2 aromatic rings. The maximum absolute atomic E-state index is 11.7. The molecule has 0 aromatic carbocycles. The van der Waals surface area contributed by atoms with Gasteiger partial charge in [0.15, 0.2) is 11.2 Å². The smallest absolute Gasteiger partial charge is 0.246 e. The number of fused-ring (bicyclic) bond motifs is 1. The van der Waals surface area contributed by atoms with Crippen LogP contribution >= 0.6 is 7.14 Å². The Hall–Kier alpha value is -1.66. The largest absolute Gasteiger partial charge is 0.479 e. The van der Waals surface area contributed by atoms with Crippen LogP contribution in [0.5, 0.6) is 5.88 Å². The van der Waals surface area contributed by atoms with Crippen molar-refractivity contribution in [3.63, 3.8) is 0 Å². The normalized spacial score (nSPS) is 13.5. The second kappa shape index (κ2) is 5.99. The fraction of sp³-hybridized carbons (Fsp3) is 0.583. The number of nitrogens with two attached hydrogens (primary N) is 1. The van der Waals surface area contributed by atoms with Crippen molar-refractivity contribution < 1.29 is 14.4 Å². The van der Waals surface area contributed by atoms with Gasteiger partial charge in [-0.05, 0) is 19.8 Å². The number of imidazole rings is 1. The van der Waals surface area contributed by atoms with E-state index in [1.54, 1.807) is 24.2 Å². The summed E-state index contributed by atoms with van der Waals surface area (Å²) in [4.78, 5) is 12.3. The second-order valence-corrected chi connectivity index (χ2v) is 8.91. The van der Waals surface area contributed by atoms with Gasteiger partial charge < -0.3 is 24.7 Å². The molecule has 0 spiro atoms. The summed E-state index contributed by atoms with van der Waals surface area (Å²) in [5.74, 6) is 0.427. The standard InChI is InChI=1S/C12H20N5O3P/c1-20-11-9-10(15-12(13)16-11)17(7-14-9)5-4-8(18)6-21(2,3)19/h7-8,18H,4-6H2,1-3H3,(H2,13,15,16)/t8-/m1/s1. The van der Waals surface area contributed by atoms with Crippen molar-refractivity contribution in [2.45, 2.75) is 19.1 Å². The molecule has 0 radical (unpaired) electrons. The van der Waals surface area contributed by atoms with E-state index in [0.717, 1.165) is 0 Å². The molecule has 2 heterocycles. The molecule has 0 aliphatic heterocycles. The number of rotatable bonds is 6. The first-order valence-corrected chi connectivity index (χ1v) is 9.33. The molecule has 1 atom stereocenters. The minimum atomic E-state index is -2.24. The Kier molecular flexibility index (Phi) is 4.49. The quantitative estimate of drug-likeness (QED) is 0.757. The summed E-state index contributed by atoms with van der Waals surface area (Å²) in [6.07, 6.45) is 1.75. The third-order valence-corrected chi connectivity index (χ3v) is 4.30. The average Bonchev–Trinajstić information content (AvgIpc) is 2.76. The highest BCUT2D eigenvalue weighted by molar-refractivity contribution is 7.62. The molecule has 0 fully saturated rings. The molecule has 3 N–H and O–H groups in total. The highest BCUT2D eigenvalue weighted by atomic mass is 31.2. The zero-order valence-corrected chi connectivity index (χ0v) is 13.2. The molecule has 2 rings (SSSR count). The lowest BCUT2D eigenvalue weighted by Crippen LogP contribution is -2.15. The number of aliphatic hydroxyl groups excluding tert-OH is 1. The van der Waals surface area contributed by atoms with E-state index >= 15 is 0 Å². The maximum Gasteiger partial charge on any atom is 0.246 e. The lowest BCUT2D eigenvalue weighted by atomic mass is 10.3. The number of nitrogen functional groups attached to an aromatic ring is 1. The van der Waals surface area contributed by atoms with Gasteiger partial charge >= 0.3 is 0 Å². The minimum Gasteiger partial charge on any atom is -0.479 e. The third kappa shape index (κ3) is 3.92. The van der Waals surface area contributed by atoms with E-state index in [9.17, 15) is 9.67 Å². The Bertz CT molecular complexity index is 681. The van der Waals surface area contributed by atoms with Crippen LogP contribution in [0.25, 0.3) is 11.2 Å². The topological polar surface area (TPSA) is 116 Å². The lowest BCUT2D eigenvalue weighted by Gasteiger charge is -2.14. The predicted molar refractivity (Wildman–Crippen MR) is 81.2 cm³/mol. The van der Waals surface area contributed by atoms with Gasteiger partial charge in [0.2, 0.25) is 11.8 Å². The van der Waals surface area contributed by atoms with Crippen LogP contribution in [0, 0.1) is 0 Å². The lowest BCUT2D eigenvalue weighted by molar-refractivity contribution is 0.180. The Morgan fingerprint density at radius 1 is 1.48 bits per heavy atom. The number of aliphatic hydroxyl groups is 1. The van der Waals surface area contributed by atoms with Crippen LogP contribution in [0.15, 0.2) is 6.33 Å².